The van der Waals surface area contributed by atoms with Gasteiger partial charge in [0.15, 0.2) is 28.7 Å². The molecule has 0 aliphatic heterocycles. The topological polar surface area (TPSA) is 121 Å². The lowest BCUT2D eigenvalue weighted by Gasteiger charge is -2.14. The van der Waals surface area contributed by atoms with E-state index in [4.69, 9.17) is 18.7 Å². The molecule has 2 amide bonds. The van der Waals surface area contributed by atoms with Gasteiger partial charge >= 0.3 is 6.03 Å². The molecule has 2 heterocycles. The van der Waals surface area contributed by atoms with Crippen molar-refractivity contribution in [3.8, 4) is 23.1 Å². The summed E-state index contributed by atoms with van der Waals surface area (Å²) in [4.78, 5) is 21.0. The summed E-state index contributed by atoms with van der Waals surface area (Å²) in [6.45, 7) is 4.46. The average Bonchev–Trinajstić information content (AvgIpc) is 3.30. The van der Waals surface area contributed by atoms with Crippen LogP contribution in [0.3, 0.4) is 0 Å². The van der Waals surface area contributed by atoms with Gasteiger partial charge in [-0.1, -0.05) is 11.2 Å². The first-order valence-electron chi connectivity index (χ1n) is 10.6. The molecule has 0 saturated carbocycles. The highest BCUT2D eigenvalue weighted by molar-refractivity contribution is 5.99. The summed E-state index contributed by atoms with van der Waals surface area (Å²) in [5.41, 5.74) is 0.0431. The van der Waals surface area contributed by atoms with Crippen molar-refractivity contribution in [3.05, 3.63) is 54.0 Å². The number of hydrogen-bond donors (Lipinski definition) is 2. The number of halogens is 1. The van der Waals surface area contributed by atoms with Gasteiger partial charge in [-0.15, -0.1) is 0 Å². The van der Waals surface area contributed by atoms with E-state index in [1.54, 1.807) is 44.4 Å². The van der Waals surface area contributed by atoms with E-state index in [1.807, 2.05) is 0 Å². The number of nitrogens with one attached hydrogen (secondary N) is 2. The van der Waals surface area contributed by atoms with Crippen LogP contribution in [0.15, 0.2) is 47.2 Å². The fourth-order valence-electron chi connectivity index (χ4n) is 3.29. The molecule has 0 bridgehead atoms. The van der Waals surface area contributed by atoms with Crippen molar-refractivity contribution in [1.29, 1.82) is 0 Å². The molecule has 2 aromatic heterocycles. The third kappa shape index (κ3) is 5.08. The van der Waals surface area contributed by atoms with E-state index >= 15 is 0 Å². The summed E-state index contributed by atoms with van der Waals surface area (Å²) < 4.78 is 35.7. The van der Waals surface area contributed by atoms with Crippen molar-refractivity contribution in [2.75, 3.05) is 24.9 Å². The number of anilines is 2. The Morgan fingerprint density at radius 2 is 1.77 bits per heavy atom. The first-order valence-corrected chi connectivity index (χ1v) is 10.6. The Kier molecular flexibility index (Phi) is 6.41. The largest absolute Gasteiger partial charge is 0.493 e. The molecule has 35 heavy (non-hydrogen) atoms. The number of aromatic nitrogens is 3. The van der Waals surface area contributed by atoms with Gasteiger partial charge in [0.05, 0.1) is 25.1 Å². The predicted octanol–water partition coefficient (Wildman–Crippen LogP) is 5.58. The first-order chi connectivity index (χ1) is 16.7. The van der Waals surface area contributed by atoms with E-state index in [1.165, 1.54) is 33.4 Å². The third-order valence-electron chi connectivity index (χ3n) is 5.18. The maximum Gasteiger partial charge on any atom is 0.324 e. The Balaban J connectivity index is 1.55. The smallest absolute Gasteiger partial charge is 0.324 e. The van der Waals surface area contributed by atoms with Gasteiger partial charge in [0.1, 0.15) is 12.1 Å². The maximum atomic E-state index is 14.0. The molecular formula is C24H24FN5O5. The van der Waals surface area contributed by atoms with Crippen LogP contribution in [0.5, 0.6) is 23.1 Å². The molecular weight excluding hydrogens is 457 g/mol. The number of alkyl halides is 1. The SMILES string of the molecule is COc1cc2ncnc(Oc3cccc(NC(=O)Nc4cc(C(C)(C)F)on4)c3C)c2cc1OC. The summed E-state index contributed by atoms with van der Waals surface area (Å²) >= 11 is 0. The van der Waals surface area contributed by atoms with Crippen LogP contribution < -0.4 is 24.8 Å². The van der Waals surface area contributed by atoms with Crippen molar-refractivity contribution >= 4 is 28.4 Å². The van der Waals surface area contributed by atoms with Crippen LogP contribution in [0, 0.1) is 6.92 Å². The molecule has 4 aromatic rings. The van der Waals surface area contributed by atoms with Gasteiger partial charge in [-0.2, -0.15) is 0 Å². The molecule has 0 unspecified atom stereocenters. The number of nitrogens with zero attached hydrogens (tertiary/aromatic N) is 3. The van der Waals surface area contributed by atoms with Crippen LogP contribution in [0.4, 0.5) is 20.7 Å². The van der Waals surface area contributed by atoms with Crippen molar-refractivity contribution < 1.29 is 27.9 Å². The Morgan fingerprint density at radius 3 is 2.46 bits per heavy atom. The first kappa shape index (κ1) is 23.7. The number of carbonyl (C=O) groups is 1. The summed E-state index contributed by atoms with van der Waals surface area (Å²) in [6.07, 6.45) is 1.39. The van der Waals surface area contributed by atoms with Gasteiger partial charge in [-0.3, -0.25) is 5.32 Å². The minimum Gasteiger partial charge on any atom is -0.493 e. The lowest BCUT2D eigenvalue weighted by atomic mass is 10.1. The van der Waals surface area contributed by atoms with E-state index in [0.29, 0.717) is 45.3 Å². The summed E-state index contributed by atoms with van der Waals surface area (Å²) in [7, 11) is 3.08. The highest BCUT2D eigenvalue weighted by Gasteiger charge is 2.25. The number of rotatable bonds is 7. The molecule has 0 spiro atoms. The van der Waals surface area contributed by atoms with Gasteiger partial charge < -0.3 is 24.1 Å². The molecule has 0 aliphatic carbocycles. The van der Waals surface area contributed by atoms with Crippen molar-refractivity contribution in [2.45, 2.75) is 26.4 Å². The summed E-state index contributed by atoms with van der Waals surface area (Å²) in [5.74, 6) is 1.92. The molecule has 0 saturated heterocycles. The van der Waals surface area contributed by atoms with Crippen molar-refractivity contribution in [3.63, 3.8) is 0 Å². The molecule has 10 nitrogen and oxygen atoms in total. The molecule has 0 aliphatic rings. The zero-order chi connectivity index (χ0) is 25.2. The fourth-order valence-corrected chi connectivity index (χ4v) is 3.29. The van der Waals surface area contributed by atoms with E-state index in [0.717, 1.165) is 0 Å². The van der Waals surface area contributed by atoms with E-state index in [-0.39, 0.29) is 11.6 Å². The van der Waals surface area contributed by atoms with E-state index < -0.39 is 11.7 Å². The second kappa shape index (κ2) is 9.45. The highest BCUT2D eigenvalue weighted by atomic mass is 19.1. The van der Waals surface area contributed by atoms with Crippen LogP contribution in [-0.2, 0) is 5.67 Å². The normalized spacial score (nSPS) is 11.3. The van der Waals surface area contributed by atoms with Gasteiger partial charge in [0, 0.05) is 23.4 Å². The van der Waals surface area contributed by atoms with Crippen molar-refractivity contribution in [1.82, 2.24) is 15.1 Å². The van der Waals surface area contributed by atoms with Crippen LogP contribution >= 0.6 is 0 Å². The molecule has 2 aromatic carbocycles. The number of urea groups is 1. The molecule has 0 fully saturated rings. The van der Waals surface area contributed by atoms with Gasteiger partial charge in [-0.25, -0.2) is 19.2 Å². The number of amides is 2. The van der Waals surface area contributed by atoms with E-state index in [2.05, 4.69) is 25.8 Å². The zero-order valence-electron chi connectivity index (χ0n) is 19.8. The molecule has 0 atom stereocenters. The van der Waals surface area contributed by atoms with Crippen LogP contribution in [0.25, 0.3) is 10.9 Å². The average molecular weight is 481 g/mol. The van der Waals surface area contributed by atoms with E-state index in [9.17, 15) is 9.18 Å². The van der Waals surface area contributed by atoms with Crippen LogP contribution in [-0.4, -0.2) is 35.4 Å². The second-order valence-electron chi connectivity index (χ2n) is 8.06. The lowest BCUT2D eigenvalue weighted by molar-refractivity contribution is 0.163. The number of fused-ring (bicyclic) bond motifs is 1. The summed E-state index contributed by atoms with van der Waals surface area (Å²) in [6, 6.07) is 9.41. The molecule has 4 rings (SSSR count). The monoisotopic (exact) mass is 481 g/mol. The number of benzene rings is 2. The Hall–Kier alpha value is -4.41. The Labute approximate surface area is 200 Å². The Bertz CT molecular complexity index is 1380. The van der Waals surface area contributed by atoms with Gasteiger partial charge in [-0.05, 0) is 39.0 Å². The number of hydrogen-bond acceptors (Lipinski definition) is 8. The highest BCUT2D eigenvalue weighted by Crippen LogP contribution is 2.37. The second-order valence-corrected chi connectivity index (χ2v) is 8.06. The fraction of sp³-hybridized carbons (Fsp3) is 0.250. The quantitative estimate of drug-likeness (QED) is 0.351. The predicted molar refractivity (Wildman–Crippen MR) is 127 cm³/mol. The molecule has 11 heteroatoms. The number of ether oxygens (including phenoxy) is 3. The van der Waals surface area contributed by atoms with Gasteiger partial charge in [0.25, 0.3) is 0 Å². The standard InChI is InChI=1S/C24H24FN5O5/c1-13-15(28-23(31)29-21-11-20(35-30-21)24(2,3)25)7-6-8-17(13)34-22-14-9-18(32-4)19(33-5)10-16(14)26-12-27-22/h6-12H,1-5H3,(H2,28,29,30,31). The lowest BCUT2D eigenvalue weighted by Crippen LogP contribution is -2.20. The maximum absolute atomic E-state index is 14.0. The minimum atomic E-state index is -1.72. The minimum absolute atomic E-state index is 0.00528. The third-order valence-corrected chi connectivity index (χ3v) is 5.18. The molecule has 0 radical (unpaired) electrons. The van der Waals surface area contributed by atoms with Crippen molar-refractivity contribution in [2.24, 2.45) is 0 Å². The summed E-state index contributed by atoms with van der Waals surface area (Å²) in [5, 5.41) is 9.54. The Morgan fingerprint density at radius 1 is 1.03 bits per heavy atom. The number of methoxy groups -OCH3 is 2. The zero-order valence-corrected chi connectivity index (χ0v) is 19.8. The van der Waals surface area contributed by atoms with Crippen LogP contribution in [0.2, 0.25) is 0 Å². The molecule has 182 valence electrons. The number of carbonyl (C=O) groups excluding carboxylic acids is 1. The van der Waals surface area contributed by atoms with Gasteiger partial charge in [0.2, 0.25) is 5.88 Å². The molecule has 2 N–H and O–H groups in total. The van der Waals surface area contributed by atoms with Crippen LogP contribution in [0.1, 0.15) is 25.2 Å².